The Morgan fingerprint density at radius 3 is 3.05 bits per heavy atom. The quantitative estimate of drug-likeness (QED) is 0.782. The van der Waals surface area contributed by atoms with Crippen molar-refractivity contribution in [2.45, 2.75) is 6.54 Å². The fraction of sp³-hybridized carbons (Fsp3) is 0.286. The third kappa shape index (κ3) is 4.22. The molecular weight excluding hydrogens is 244 g/mol. The highest BCUT2D eigenvalue weighted by atomic mass is 16.4. The van der Waals surface area contributed by atoms with Gasteiger partial charge in [0.2, 0.25) is 5.91 Å². The van der Waals surface area contributed by atoms with Crippen LogP contribution in [0.15, 0.2) is 30.3 Å². The molecule has 0 bridgehead atoms. The molecule has 0 aliphatic carbocycles. The molecule has 19 heavy (non-hydrogen) atoms. The highest BCUT2D eigenvalue weighted by Gasteiger charge is 2.15. The average Bonchev–Trinajstić information content (AvgIpc) is 2.37. The first-order chi connectivity index (χ1) is 9.13. The van der Waals surface area contributed by atoms with E-state index >= 15 is 0 Å². The van der Waals surface area contributed by atoms with Crippen molar-refractivity contribution in [3.05, 3.63) is 41.5 Å². The standard InChI is InChI=1S/C14H16N2O3/c17-13-10-16(7-6-15-13)9-12-3-1-2-11(8-12)4-5-14(18)19/h1-5,8H,6-7,9-10H2,(H,15,17)(H,18,19)/b5-4+. The molecule has 1 aromatic carbocycles. The second-order valence-corrected chi connectivity index (χ2v) is 4.48. The average molecular weight is 260 g/mol. The maximum absolute atomic E-state index is 11.3. The number of benzene rings is 1. The smallest absolute Gasteiger partial charge is 0.328 e. The Labute approximate surface area is 111 Å². The summed E-state index contributed by atoms with van der Waals surface area (Å²) >= 11 is 0. The van der Waals surface area contributed by atoms with Crippen LogP contribution in [0.25, 0.3) is 6.08 Å². The van der Waals surface area contributed by atoms with Crippen LogP contribution in [0.3, 0.4) is 0 Å². The molecule has 100 valence electrons. The molecule has 0 spiro atoms. The van der Waals surface area contributed by atoms with Gasteiger partial charge in [0.15, 0.2) is 0 Å². The number of carboxylic acids is 1. The van der Waals surface area contributed by atoms with Crippen molar-refractivity contribution in [1.29, 1.82) is 0 Å². The summed E-state index contributed by atoms with van der Waals surface area (Å²) in [4.78, 5) is 23.8. The van der Waals surface area contributed by atoms with Crippen LogP contribution >= 0.6 is 0 Å². The monoisotopic (exact) mass is 260 g/mol. The van der Waals surface area contributed by atoms with E-state index in [0.717, 1.165) is 23.7 Å². The summed E-state index contributed by atoms with van der Waals surface area (Å²) in [5, 5.41) is 11.4. The lowest BCUT2D eigenvalue weighted by molar-refractivity contribution is -0.131. The van der Waals surface area contributed by atoms with Crippen molar-refractivity contribution >= 4 is 18.0 Å². The van der Waals surface area contributed by atoms with Crippen molar-refractivity contribution in [3.63, 3.8) is 0 Å². The van der Waals surface area contributed by atoms with Crippen LogP contribution in [-0.2, 0) is 16.1 Å². The molecule has 1 aromatic rings. The van der Waals surface area contributed by atoms with Crippen molar-refractivity contribution in [2.75, 3.05) is 19.6 Å². The molecule has 5 heteroatoms. The highest BCUT2D eigenvalue weighted by molar-refractivity contribution is 5.85. The number of carbonyl (C=O) groups excluding carboxylic acids is 1. The van der Waals surface area contributed by atoms with Gasteiger partial charge in [-0.05, 0) is 17.2 Å². The summed E-state index contributed by atoms with van der Waals surface area (Å²) < 4.78 is 0. The Balaban J connectivity index is 2.02. The minimum absolute atomic E-state index is 0.0492. The van der Waals surface area contributed by atoms with E-state index in [-0.39, 0.29) is 5.91 Å². The number of nitrogens with zero attached hydrogens (tertiary/aromatic N) is 1. The fourth-order valence-electron chi connectivity index (χ4n) is 2.05. The SMILES string of the molecule is O=C(O)/C=C/c1cccc(CN2CCNC(=O)C2)c1. The predicted octanol–water partition coefficient (Wildman–Crippen LogP) is 0.716. The van der Waals surface area contributed by atoms with Crippen LogP contribution < -0.4 is 5.32 Å². The van der Waals surface area contributed by atoms with Gasteiger partial charge in [-0.1, -0.05) is 24.3 Å². The van der Waals surface area contributed by atoms with Crippen molar-refractivity contribution in [1.82, 2.24) is 10.2 Å². The Hall–Kier alpha value is -2.14. The normalized spacial score (nSPS) is 16.5. The minimum atomic E-state index is -0.960. The highest BCUT2D eigenvalue weighted by Crippen LogP contribution is 2.10. The van der Waals surface area contributed by atoms with Crippen molar-refractivity contribution in [3.8, 4) is 0 Å². The van der Waals surface area contributed by atoms with Gasteiger partial charge in [-0.15, -0.1) is 0 Å². The molecule has 1 aliphatic rings. The van der Waals surface area contributed by atoms with Gasteiger partial charge < -0.3 is 10.4 Å². The molecule has 1 amide bonds. The van der Waals surface area contributed by atoms with E-state index in [1.54, 1.807) is 6.08 Å². The van der Waals surface area contributed by atoms with E-state index in [1.165, 1.54) is 0 Å². The van der Waals surface area contributed by atoms with E-state index in [0.29, 0.717) is 19.6 Å². The zero-order chi connectivity index (χ0) is 13.7. The summed E-state index contributed by atoms with van der Waals surface area (Å²) in [6, 6.07) is 7.66. The van der Waals surface area contributed by atoms with E-state index < -0.39 is 5.97 Å². The third-order valence-corrected chi connectivity index (χ3v) is 2.89. The minimum Gasteiger partial charge on any atom is -0.478 e. The molecule has 0 radical (unpaired) electrons. The topological polar surface area (TPSA) is 69.6 Å². The molecule has 1 aliphatic heterocycles. The summed E-state index contributed by atoms with van der Waals surface area (Å²) in [7, 11) is 0. The van der Waals surface area contributed by atoms with E-state index in [1.807, 2.05) is 24.3 Å². The second kappa shape index (κ2) is 6.15. The molecule has 1 saturated heterocycles. The Morgan fingerprint density at radius 2 is 2.32 bits per heavy atom. The van der Waals surface area contributed by atoms with Gasteiger partial charge in [-0.3, -0.25) is 9.69 Å². The van der Waals surface area contributed by atoms with Gasteiger partial charge in [0.1, 0.15) is 0 Å². The molecule has 1 heterocycles. The summed E-state index contributed by atoms with van der Waals surface area (Å²) in [6.07, 6.45) is 2.68. The maximum atomic E-state index is 11.3. The van der Waals surface area contributed by atoms with Crippen LogP contribution in [-0.4, -0.2) is 41.5 Å². The first kappa shape index (κ1) is 13.3. The number of aliphatic carboxylic acids is 1. The van der Waals surface area contributed by atoms with Crippen molar-refractivity contribution in [2.24, 2.45) is 0 Å². The van der Waals surface area contributed by atoms with Gasteiger partial charge in [-0.25, -0.2) is 4.79 Å². The Kier molecular flexibility index (Phi) is 4.30. The molecule has 5 nitrogen and oxygen atoms in total. The van der Waals surface area contributed by atoms with Gasteiger partial charge in [0.25, 0.3) is 0 Å². The number of nitrogens with one attached hydrogen (secondary N) is 1. The molecule has 1 fully saturated rings. The molecule has 2 N–H and O–H groups in total. The molecule has 0 atom stereocenters. The first-order valence-electron chi connectivity index (χ1n) is 6.12. The fourth-order valence-corrected chi connectivity index (χ4v) is 2.05. The molecule has 0 unspecified atom stereocenters. The van der Waals surface area contributed by atoms with Gasteiger partial charge in [0, 0.05) is 25.7 Å². The summed E-state index contributed by atoms with van der Waals surface area (Å²) in [5.74, 6) is -0.911. The second-order valence-electron chi connectivity index (χ2n) is 4.48. The van der Waals surface area contributed by atoms with Crippen LogP contribution in [0.5, 0.6) is 0 Å². The number of hydrogen-bond acceptors (Lipinski definition) is 3. The number of piperazine rings is 1. The zero-order valence-electron chi connectivity index (χ0n) is 10.5. The largest absolute Gasteiger partial charge is 0.478 e. The van der Waals surface area contributed by atoms with E-state index in [2.05, 4.69) is 10.2 Å². The van der Waals surface area contributed by atoms with Gasteiger partial charge in [-0.2, -0.15) is 0 Å². The summed E-state index contributed by atoms with van der Waals surface area (Å²) in [6.45, 7) is 2.62. The number of carbonyl (C=O) groups is 2. The number of rotatable bonds is 4. The lowest BCUT2D eigenvalue weighted by atomic mass is 10.1. The van der Waals surface area contributed by atoms with Crippen LogP contribution in [0.2, 0.25) is 0 Å². The maximum Gasteiger partial charge on any atom is 0.328 e. The molecule has 2 rings (SSSR count). The van der Waals surface area contributed by atoms with Crippen LogP contribution in [0.1, 0.15) is 11.1 Å². The Morgan fingerprint density at radius 1 is 1.47 bits per heavy atom. The Bertz CT molecular complexity index is 511. The number of hydrogen-bond donors (Lipinski definition) is 2. The number of carboxylic acid groups (broad SMARTS) is 1. The van der Waals surface area contributed by atoms with Crippen LogP contribution in [0, 0.1) is 0 Å². The van der Waals surface area contributed by atoms with E-state index in [4.69, 9.17) is 5.11 Å². The van der Waals surface area contributed by atoms with E-state index in [9.17, 15) is 9.59 Å². The van der Waals surface area contributed by atoms with Crippen LogP contribution in [0.4, 0.5) is 0 Å². The predicted molar refractivity (Wildman–Crippen MR) is 71.4 cm³/mol. The lowest BCUT2D eigenvalue weighted by Crippen LogP contribution is -2.47. The summed E-state index contributed by atoms with van der Waals surface area (Å²) in [5.41, 5.74) is 1.92. The number of amides is 1. The van der Waals surface area contributed by atoms with Gasteiger partial charge >= 0.3 is 5.97 Å². The van der Waals surface area contributed by atoms with Crippen molar-refractivity contribution < 1.29 is 14.7 Å². The third-order valence-electron chi connectivity index (χ3n) is 2.89. The zero-order valence-corrected chi connectivity index (χ0v) is 10.5. The molecule has 0 aromatic heterocycles. The molecule has 0 saturated carbocycles. The first-order valence-corrected chi connectivity index (χ1v) is 6.12. The lowest BCUT2D eigenvalue weighted by Gasteiger charge is -2.26. The van der Waals surface area contributed by atoms with Gasteiger partial charge in [0.05, 0.1) is 6.54 Å². The molecular formula is C14H16N2O3.